The Bertz CT molecular complexity index is 195. The molecule has 6 heteroatoms. The topological polar surface area (TPSA) is 78.9 Å². The standard InChI is InChI=1S/C7H14N2O4/c1-4-5(8-7(11)12)6(10)9(2)13-3/h5,8H,4H2,1-3H3,(H,11,12)/t5-/m0/s1. The maximum atomic E-state index is 11.3. The molecule has 2 N–H and O–H groups in total. The van der Waals surface area contributed by atoms with Crippen molar-refractivity contribution >= 4 is 12.0 Å². The molecule has 1 atom stereocenters. The highest BCUT2D eigenvalue weighted by Crippen LogP contribution is 1.97. The van der Waals surface area contributed by atoms with Gasteiger partial charge in [-0.15, -0.1) is 0 Å². The number of amides is 2. The molecule has 0 spiro atoms. The zero-order valence-corrected chi connectivity index (χ0v) is 7.90. The minimum Gasteiger partial charge on any atom is -0.465 e. The number of carbonyl (C=O) groups excluding carboxylic acids is 1. The first-order chi connectivity index (χ1) is 6.02. The lowest BCUT2D eigenvalue weighted by molar-refractivity contribution is -0.170. The van der Waals surface area contributed by atoms with Crippen LogP contribution in [-0.4, -0.2) is 42.4 Å². The van der Waals surface area contributed by atoms with Gasteiger partial charge in [-0.25, -0.2) is 9.86 Å². The van der Waals surface area contributed by atoms with Gasteiger partial charge in [-0.05, 0) is 6.42 Å². The fourth-order valence-corrected chi connectivity index (χ4v) is 0.797. The zero-order valence-electron chi connectivity index (χ0n) is 7.90. The SMILES string of the molecule is CC[C@H](NC(=O)O)C(=O)N(C)OC. The van der Waals surface area contributed by atoms with Gasteiger partial charge in [0.25, 0.3) is 5.91 Å². The summed E-state index contributed by atoms with van der Waals surface area (Å²) in [5, 5.41) is 11.5. The quantitative estimate of drug-likeness (QED) is 0.614. The zero-order chi connectivity index (χ0) is 10.4. The van der Waals surface area contributed by atoms with E-state index in [1.54, 1.807) is 6.92 Å². The molecule has 0 bridgehead atoms. The van der Waals surface area contributed by atoms with Crippen molar-refractivity contribution in [2.45, 2.75) is 19.4 Å². The molecule has 0 fully saturated rings. The molecule has 0 aliphatic carbocycles. The third-order valence-electron chi connectivity index (χ3n) is 1.59. The third kappa shape index (κ3) is 3.75. The molecule has 0 aromatic heterocycles. The van der Waals surface area contributed by atoms with E-state index in [4.69, 9.17) is 5.11 Å². The second-order valence-electron chi connectivity index (χ2n) is 2.43. The molecule has 0 saturated heterocycles. The third-order valence-corrected chi connectivity index (χ3v) is 1.59. The van der Waals surface area contributed by atoms with E-state index >= 15 is 0 Å². The van der Waals surface area contributed by atoms with E-state index in [-0.39, 0.29) is 0 Å². The van der Waals surface area contributed by atoms with Gasteiger partial charge >= 0.3 is 6.09 Å². The van der Waals surface area contributed by atoms with Crippen LogP contribution in [0, 0.1) is 0 Å². The van der Waals surface area contributed by atoms with Gasteiger partial charge in [0.2, 0.25) is 0 Å². The van der Waals surface area contributed by atoms with Crippen LogP contribution in [0.4, 0.5) is 4.79 Å². The Hall–Kier alpha value is -1.30. The van der Waals surface area contributed by atoms with Crippen molar-refractivity contribution < 1.29 is 19.5 Å². The Morgan fingerprint density at radius 3 is 2.46 bits per heavy atom. The highest BCUT2D eigenvalue weighted by Gasteiger charge is 2.21. The lowest BCUT2D eigenvalue weighted by Crippen LogP contribution is -2.46. The van der Waals surface area contributed by atoms with Crippen molar-refractivity contribution in [3.63, 3.8) is 0 Å². The monoisotopic (exact) mass is 190 g/mol. The van der Waals surface area contributed by atoms with Crippen LogP contribution < -0.4 is 5.32 Å². The average Bonchev–Trinajstić information content (AvgIpc) is 2.11. The Kier molecular flexibility index (Phi) is 4.83. The van der Waals surface area contributed by atoms with Crippen LogP contribution in [0.5, 0.6) is 0 Å². The molecule has 0 aromatic rings. The maximum Gasteiger partial charge on any atom is 0.405 e. The van der Waals surface area contributed by atoms with Gasteiger partial charge in [0.1, 0.15) is 6.04 Å². The van der Waals surface area contributed by atoms with E-state index in [2.05, 4.69) is 10.2 Å². The highest BCUT2D eigenvalue weighted by molar-refractivity contribution is 5.84. The van der Waals surface area contributed by atoms with Crippen molar-refractivity contribution in [1.29, 1.82) is 0 Å². The summed E-state index contributed by atoms with van der Waals surface area (Å²) in [6.07, 6.45) is -0.830. The molecule has 6 nitrogen and oxygen atoms in total. The molecule has 0 aromatic carbocycles. The molecule has 0 unspecified atom stereocenters. The molecule has 0 radical (unpaired) electrons. The normalized spacial score (nSPS) is 11.9. The second kappa shape index (κ2) is 5.36. The van der Waals surface area contributed by atoms with Crippen molar-refractivity contribution in [3.05, 3.63) is 0 Å². The van der Waals surface area contributed by atoms with Gasteiger partial charge in [-0.1, -0.05) is 6.92 Å². The first kappa shape index (κ1) is 11.7. The van der Waals surface area contributed by atoms with Crippen molar-refractivity contribution in [2.24, 2.45) is 0 Å². The molecule has 0 aliphatic heterocycles. The Balaban J connectivity index is 4.22. The second-order valence-corrected chi connectivity index (χ2v) is 2.43. The predicted octanol–water partition coefficient (Wildman–Crippen LogP) is 0.0524. The maximum absolute atomic E-state index is 11.3. The van der Waals surface area contributed by atoms with Crippen LogP contribution in [0.3, 0.4) is 0 Å². The summed E-state index contributed by atoms with van der Waals surface area (Å²) in [6.45, 7) is 1.71. The molecular weight excluding hydrogens is 176 g/mol. The fraction of sp³-hybridized carbons (Fsp3) is 0.714. The van der Waals surface area contributed by atoms with Gasteiger partial charge in [-0.2, -0.15) is 0 Å². The van der Waals surface area contributed by atoms with Crippen molar-refractivity contribution in [3.8, 4) is 0 Å². The molecular formula is C7H14N2O4. The fourth-order valence-electron chi connectivity index (χ4n) is 0.797. The van der Waals surface area contributed by atoms with Crippen LogP contribution in [0.2, 0.25) is 0 Å². The Morgan fingerprint density at radius 2 is 2.15 bits per heavy atom. The Labute approximate surface area is 76.4 Å². The number of hydroxylamine groups is 2. The van der Waals surface area contributed by atoms with E-state index in [0.717, 1.165) is 5.06 Å². The first-order valence-corrected chi connectivity index (χ1v) is 3.84. The van der Waals surface area contributed by atoms with Gasteiger partial charge in [-0.3, -0.25) is 9.63 Å². The molecule has 0 rings (SSSR count). The van der Waals surface area contributed by atoms with Gasteiger partial charge in [0.15, 0.2) is 0 Å². The van der Waals surface area contributed by atoms with Crippen molar-refractivity contribution in [2.75, 3.05) is 14.2 Å². The number of hydrogen-bond acceptors (Lipinski definition) is 3. The first-order valence-electron chi connectivity index (χ1n) is 3.84. The molecule has 0 saturated carbocycles. The summed E-state index contributed by atoms with van der Waals surface area (Å²) in [5.74, 6) is -0.410. The van der Waals surface area contributed by atoms with Crippen LogP contribution >= 0.6 is 0 Å². The summed E-state index contributed by atoms with van der Waals surface area (Å²) in [6, 6.07) is -0.748. The smallest absolute Gasteiger partial charge is 0.405 e. The van der Waals surface area contributed by atoms with E-state index in [1.807, 2.05) is 0 Å². The number of carboxylic acid groups (broad SMARTS) is 1. The summed E-state index contributed by atoms with van der Waals surface area (Å²) in [4.78, 5) is 26.2. The van der Waals surface area contributed by atoms with E-state index < -0.39 is 18.0 Å². The Morgan fingerprint density at radius 1 is 1.62 bits per heavy atom. The number of hydrogen-bond donors (Lipinski definition) is 2. The minimum absolute atomic E-state index is 0.388. The highest BCUT2D eigenvalue weighted by atomic mass is 16.7. The number of nitrogens with zero attached hydrogens (tertiary/aromatic N) is 1. The summed E-state index contributed by atoms with van der Waals surface area (Å²) in [7, 11) is 2.76. The molecule has 0 heterocycles. The number of rotatable bonds is 4. The summed E-state index contributed by atoms with van der Waals surface area (Å²) < 4.78 is 0. The van der Waals surface area contributed by atoms with Gasteiger partial charge < -0.3 is 10.4 Å². The lowest BCUT2D eigenvalue weighted by atomic mass is 10.2. The van der Waals surface area contributed by atoms with Crippen LogP contribution in [-0.2, 0) is 9.63 Å². The largest absolute Gasteiger partial charge is 0.465 e. The number of likely N-dealkylation sites (N-methyl/N-ethyl adjacent to an activating group) is 1. The van der Waals surface area contributed by atoms with E-state index in [9.17, 15) is 9.59 Å². The van der Waals surface area contributed by atoms with Gasteiger partial charge in [0, 0.05) is 7.05 Å². The predicted molar refractivity (Wildman–Crippen MR) is 45.0 cm³/mol. The van der Waals surface area contributed by atoms with Crippen LogP contribution in [0.1, 0.15) is 13.3 Å². The lowest BCUT2D eigenvalue weighted by Gasteiger charge is -2.20. The molecule has 0 aliphatic rings. The minimum atomic E-state index is -1.22. The molecule has 76 valence electrons. The van der Waals surface area contributed by atoms with Crippen LogP contribution in [0.25, 0.3) is 0 Å². The number of nitrogens with one attached hydrogen (secondary N) is 1. The average molecular weight is 190 g/mol. The van der Waals surface area contributed by atoms with Crippen LogP contribution in [0.15, 0.2) is 0 Å². The van der Waals surface area contributed by atoms with E-state index in [1.165, 1.54) is 14.2 Å². The summed E-state index contributed by atoms with van der Waals surface area (Å²) in [5.41, 5.74) is 0. The molecule has 13 heavy (non-hydrogen) atoms. The van der Waals surface area contributed by atoms with Gasteiger partial charge in [0.05, 0.1) is 7.11 Å². The van der Waals surface area contributed by atoms with E-state index in [0.29, 0.717) is 6.42 Å². The summed E-state index contributed by atoms with van der Waals surface area (Å²) >= 11 is 0. The molecule has 2 amide bonds. The number of carbonyl (C=O) groups is 2. The van der Waals surface area contributed by atoms with Crippen molar-refractivity contribution in [1.82, 2.24) is 10.4 Å².